The molecule has 150 valence electrons. The van der Waals surface area contributed by atoms with E-state index < -0.39 is 5.41 Å². The second-order valence-electron chi connectivity index (χ2n) is 7.38. The first kappa shape index (κ1) is 19.1. The van der Waals surface area contributed by atoms with E-state index in [1.165, 1.54) is 16.7 Å². The normalized spacial score (nSPS) is 15.4. The van der Waals surface area contributed by atoms with Crippen LogP contribution in [0.15, 0.2) is 53.3 Å². The molecule has 1 amide bonds. The number of rotatable bonds is 5. The number of nitrogens with one attached hydrogen (secondary N) is 2. The zero-order valence-electron chi connectivity index (χ0n) is 16.2. The molecule has 7 heteroatoms. The molecule has 1 aliphatic rings. The predicted molar refractivity (Wildman–Crippen MR) is 110 cm³/mol. The Morgan fingerprint density at radius 2 is 1.83 bits per heavy atom. The van der Waals surface area contributed by atoms with Crippen molar-refractivity contribution >= 4 is 22.8 Å². The number of hydrazine groups is 1. The van der Waals surface area contributed by atoms with Crippen LogP contribution in [-0.4, -0.2) is 15.5 Å². The van der Waals surface area contributed by atoms with Crippen LogP contribution in [0.1, 0.15) is 38.2 Å². The molecule has 1 saturated carbocycles. The first-order valence-corrected chi connectivity index (χ1v) is 9.87. The summed E-state index contributed by atoms with van der Waals surface area (Å²) in [6, 6.07) is 13.2. The van der Waals surface area contributed by atoms with Gasteiger partial charge in [0, 0.05) is 6.54 Å². The molecule has 0 saturated heterocycles. The maximum atomic E-state index is 13.4. The second kappa shape index (κ2) is 7.66. The summed E-state index contributed by atoms with van der Waals surface area (Å²) >= 11 is 0. The topological polar surface area (TPSA) is 76.0 Å². The molecule has 3 aromatic rings. The smallest absolute Gasteiger partial charge is 0.262 e. The summed E-state index contributed by atoms with van der Waals surface area (Å²) < 4.78 is 14.9. The van der Waals surface area contributed by atoms with E-state index in [4.69, 9.17) is 0 Å². The first-order valence-electron chi connectivity index (χ1n) is 9.87. The van der Waals surface area contributed by atoms with Gasteiger partial charge in [-0.25, -0.2) is 9.37 Å². The van der Waals surface area contributed by atoms with Gasteiger partial charge in [-0.1, -0.05) is 37.1 Å². The average Bonchev–Trinajstić information content (AvgIpc) is 3.24. The van der Waals surface area contributed by atoms with Crippen LogP contribution >= 0.6 is 0 Å². The maximum absolute atomic E-state index is 13.4. The summed E-state index contributed by atoms with van der Waals surface area (Å²) in [5.74, 6) is -0.240. The second-order valence-corrected chi connectivity index (χ2v) is 7.38. The lowest BCUT2D eigenvalue weighted by Crippen LogP contribution is -2.46. The van der Waals surface area contributed by atoms with Gasteiger partial charge in [0.25, 0.3) is 5.56 Å². The Morgan fingerprint density at radius 3 is 2.52 bits per heavy atom. The zero-order chi connectivity index (χ0) is 20.4. The van der Waals surface area contributed by atoms with Crippen molar-refractivity contribution in [2.24, 2.45) is 0 Å². The van der Waals surface area contributed by atoms with Crippen molar-refractivity contribution in [3.8, 4) is 0 Å². The Hall–Kier alpha value is -3.22. The lowest BCUT2D eigenvalue weighted by Gasteiger charge is -2.28. The van der Waals surface area contributed by atoms with Crippen LogP contribution < -0.4 is 16.4 Å². The third kappa shape index (κ3) is 3.37. The predicted octanol–water partition coefficient (Wildman–Crippen LogP) is 3.51. The minimum absolute atomic E-state index is 0.163. The number of halogens is 1. The number of benzene rings is 2. The number of anilines is 1. The highest BCUT2D eigenvalue weighted by atomic mass is 19.1. The SMILES string of the molecule is CCn1c(NNC(=O)C2(c3ccc(F)cc3)CCCC2)nc2ccccc2c1=O. The highest BCUT2D eigenvalue weighted by Crippen LogP contribution is 2.41. The van der Waals surface area contributed by atoms with Crippen LogP contribution in [0.4, 0.5) is 10.3 Å². The summed E-state index contributed by atoms with van der Waals surface area (Å²) in [4.78, 5) is 30.4. The Balaban J connectivity index is 1.63. The molecular weight excluding hydrogens is 371 g/mol. The molecule has 1 aromatic heterocycles. The number of amides is 1. The van der Waals surface area contributed by atoms with E-state index in [9.17, 15) is 14.0 Å². The highest BCUT2D eigenvalue weighted by molar-refractivity contribution is 5.89. The molecule has 0 aliphatic heterocycles. The molecule has 0 bridgehead atoms. The van der Waals surface area contributed by atoms with Crippen molar-refractivity contribution in [3.63, 3.8) is 0 Å². The minimum Gasteiger partial charge on any atom is -0.277 e. The number of fused-ring (bicyclic) bond motifs is 1. The van der Waals surface area contributed by atoms with Gasteiger partial charge in [-0.2, -0.15) is 0 Å². The molecule has 2 aromatic carbocycles. The molecule has 29 heavy (non-hydrogen) atoms. The van der Waals surface area contributed by atoms with E-state index in [0.717, 1.165) is 18.4 Å². The Morgan fingerprint density at radius 1 is 1.14 bits per heavy atom. The fraction of sp³-hybridized carbons (Fsp3) is 0.318. The zero-order valence-corrected chi connectivity index (χ0v) is 16.2. The number of carbonyl (C=O) groups is 1. The Kier molecular flexibility index (Phi) is 5.05. The van der Waals surface area contributed by atoms with Crippen LogP contribution in [0.3, 0.4) is 0 Å². The fourth-order valence-corrected chi connectivity index (χ4v) is 4.18. The van der Waals surface area contributed by atoms with E-state index in [1.807, 2.05) is 13.0 Å². The van der Waals surface area contributed by atoms with E-state index in [0.29, 0.717) is 30.3 Å². The average molecular weight is 394 g/mol. The van der Waals surface area contributed by atoms with Crippen LogP contribution in [0.25, 0.3) is 10.9 Å². The van der Waals surface area contributed by atoms with Crippen molar-refractivity contribution < 1.29 is 9.18 Å². The number of nitrogens with zero attached hydrogens (tertiary/aromatic N) is 2. The van der Waals surface area contributed by atoms with Crippen molar-refractivity contribution in [2.45, 2.75) is 44.6 Å². The standard InChI is InChI=1S/C22H23FN4O2/c1-2-27-19(28)17-7-3-4-8-18(17)24-21(27)26-25-20(29)22(13-5-6-14-22)15-9-11-16(23)12-10-15/h3-4,7-12H,2,5-6,13-14H2,1H3,(H,24,26)(H,25,29). The maximum Gasteiger partial charge on any atom is 0.262 e. The van der Waals surface area contributed by atoms with Gasteiger partial charge >= 0.3 is 0 Å². The number of para-hydroxylation sites is 1. The van der Waals surface area contributed by atoms with Crippen LogP contribution in [0.5, 0.6) is 0 Å². The van der Waals surface area contributed by atoms with Crippen molar-refractivity contribution in [2.75, 3.05) is 5.43 Å². The summed E-state index contributed by atoms with van der Waals surface area (Å²) in [6.45, 7) is 2.26. The summed E-state index contributed by atoms with van der Waals surface area (Å²) in [5, 5.41) is 0.532. The van der Waals surface area contributed by atoms with Crippen LogP contribution in [-0.2, 0) is 16.8 Å². The van der Waals surface area contributed by atoms with Crippen molar-refractivity contribution in [1.29, 1.82) is 0 Å². The highest BCUT2D eigenvalue weighted by Gasteiger charge is 2.42. The summed E-state index contributed by atoms with van der Waals surface area (Å²) in [5.41, 5.74) is 6.10. The van der Waals surface area contributed by atoms with Crippen LogP contribution in [0.2, 0.25) is 0 Å². The van der Waals surface area contributed by atoms with Gasteiger partial charge < -0.3 is 0 Å². The Labute approximate surface area is 167 Å². The molecule has 1 fully saturated rings. The third-order valence-electron chi connectivity index (χ3n) is 5.75. The molecule has 0 atom stereocenters. The lowest BCUT2D eigenvalue weighted by atomic mass is 9.78. The van der Waals surface area contributed by atoms with Gasteiger partial charge in [0.15, 0.2) is 0 Å². The molecule has 1 aliphatic carbocycles. The summed E-state index contributed by atoms with van der Waals surface area (Å²) in [6.07, 6.45) is 3.24. The van der Waals surface area contributed by atoms with Gasteiger partial charge in [0.05, 0.1) is 16.3 Å². The van der Waals surface area contributed by atoms with E-state index in [2.05, 4.69) is 15.8 Å². The quantitative estimate of drug-likeness (QED) is 0.650. The number of carbonyl (C=O) groups excluding carboxylic acids is 1. The van der Waals surface area contributed by atoms with Gasteiger partial charge in [-0.05, 0) is 49.6 Å². The number of aromatic nitrogens is 2. The molecule has 1 heterocycles. The Bertz CT molecular complexity index is 1100. The van der Waals surface area contributed by atoms with Crippen molar-refractivity contribution in [3.05, 3.63) is 70.3 Å². The molecule has 4 rings (SSSR count). The van der Waals surface area contributed by atoms with Gasteiger partial charge in [-0.3, -0.25) is 25.0 Å². The van der Waals surface area contributed by atoms with Gasteiger partial charge in [-0.15, -0.1) is 0 Å². The van der Waals surface area contributed by atoms with Gasteiger partial charge in [0.1, 0.15) is 5.82 Å². The molecule has 0 radical (unpaired) electrons. The molecular formula is C22H23FN4O2. The van der Waals surface area contributed by atoms with Gasteiger partial charge in [0.2, 0.25) is 11.9 Å². The summed E-state index contributed by atoms with van der Waals surface area (Å²) in [7, 11) is 0. The molecule has 6 nitrogen and oxygen atoms in total. The molecule has 0 spiro atoms. The number of hydrogen-bond acceptors (Lipinski definition) is 4. The monoisotopic (exact) mass is 394 g/mol. The molecule has 2 N–H and O–H groups in total. The lowest BCUT2D eigenvalue weighted by molar-refractivity contribution is -0.126. The van der Waals surface area contributed by atoms with Crippen LogP contribution in [0, 0.1) is 5.82 Å². The molecule has 0 unspecified atom stereocenters. The van der Waals surface area contributed by atoms with E-state index in [1.54, 1.807) is 30.3 Å². The van der Waals surface area contributed by atoms with Crippen molar-refractivity contribution in [1.82, 2.24) is 15.0 Å². The number of hydrogen-bond donors (Lipinski definition) is 2. The van der Waals surface area contributed by atoms with E-state index >= 15 is 0 Å². The largest absolute Gasteiger partial charge is 0.277 e. The first-order chi connectivity index (χ1) is 14.0. The fourth-order valence-electron chi connectivity index (χ4n) is 4.18. The minimum atomic E-state index is -0.713. The van der Waals surface area contributed by atoms with E-state index in [-0.39, 0.29) is 23.2 Å². The third-order valence-corrected chi connectivity index (χ3v) is 5.75.